The van der Waals surface area contributed by atoms with E-state index >= 15 is 0 Å². The van der Waals surface area contributed by atoms with E-state index in [1.807, 2.05) is 36.4 Å². The van der Waals surface area contributed by atoms with E-state index in [2.05, 4.69) is 225 Å². The summed E-state index contributed by atoms with van der Waals surface area (Å²) in [7, 11) is 0. The van der Waals surface area contributed by atoms with E-state index in [4.69, 9.17) is 15.0 Å². The average Bonchev–Trinajstić information content (AvgIpc) is 3.92. The van der Waals surface area contributed by atoms with Gasteiger partial charge in [-0.3, -0.25) is 0 Å². The molecule has 0 spiro atoms. The summed E-state index contributed by atoms with van der Waals surface area (Å²) in [6, 6.07) is 81.0. The standard InChI is InChI=1S/C67H49N5/c1-42-32-43(2)35-52(34-42)49-26-29-61-57(38-49)58-39-50(53-36-44(3)33-45(4)37-53)27-30-62(58)72(61)63-31-25-48(51-24-28-56-55-22-14-15-23-60(55)71(64(56)41-51)54-20-12-7-13-21-54)40-59(63)67-69-65(46-16-8-5-9-17-46)68-66(70-67)47-18-10-6-11-19-47/h5-41H,1-4H3. The van der Waals surface area contributed by atoms with Crippen molar-refractivity contribution >= 4 is 43.6 Å². The van der Waals surface area contributed by atoms with Crippen molar-refractivity contribution in [3.8, 4) is 78.9 Å². The molecule has 10 aromatic carbocycles. The fourth-order valence-electron chi connectivity index (χ4n) is 10.9. The zero-order chi connectivity index (χ0) is 48.5. The molecule has 0 saturated heterocycles. The van der Waals surface area contributed by atoms with Gasteiger partial charge in [0, 0.05) is 43.9 Å². The molecule has 0 amide bonds. The molecule has 5 nitrogen and oxygen atoms in total. The molecule has 72 heavy (non-hydrogen) atoms. The molecule has 13 rings (SSSR count). The fraction of sp³-hybridized carbons (Fsp3) is 0.0597. The minimum absolute atomic E-state index is 0.591. The summed E-state index contributed by atoms with van der Waals surface area (Å²) in [6.07, 6.45) is 0. The lowest BCUT2D eigenvalue weighted by molar-refractivity contribution is 1.06. The van der Waals surface area contributed by atoms with Crippen molar-refractivity contribution in [3.63, 3.8) is 0 Å². The van der Waals surface area contributed by atoms with Crippen molar-refractivity contribution in [1.82, 2.24) is 24.1 Å². The fourth-order valence-corrected chi connectivity index (χ4v) is 10.9. The first-order chi connectivity index (χ1) is 35.3. The van der Waals surface area contributed by atoms with Crippen LogP contribution < -0.4 is 0 Å². The van der Waals surface area contributed by atoms with Gasteiger partial charge in [0.1, 0.15) is 0 Å². The van der Waals surface area contributed by atoms with Gasteiger partial charge in [-0.25, -0.2) is 15.0 Å². The van der Waals surface area contributed by atoms with Crippen LogP contribution in [0, 0.1) is 27.7 Å². The van der Waals surface area contributed by atoms with E-state index in [0.29, 0.717) is 17.5 Å². The van der Waals surface area contributed by atoms with Crippen LogP contribution in [0.2, 0.25) is 0 Å². The lowest BCUT2D eigenvalue weighted by Gasteiger charge is -2.17. The maximum Gasteiger partial charge on any atom is 0.166 e. The Kier molecular flexibility index (Phi) is 10.3. The van der Waals surface area contributed by atoms with Gasteiger partial charge in [0.2, 0.25) is 0 Å². The molecule has 0 saturated carbocycles. The third-order valence-electron chi connectivity index (χ3n) is 14.1. The van der Waals surface area contributed by atoms with Crippen molar-refractivity contribution in [3.05, 3.63) is 247 Å². The lowest BCUT2D eigenvalue weighted by atomic mass is 9.97. The summed E-state index contributed by atoms with van der Waals surface area (Å²) in [4.78, 5) is 15.9. The van der Waals surface area contributed by atoms with Crippen molar-refractivity contribution in [2.24, 2.45) is 0 Å². The predicted octanol–water partition coefficient (Wildman–Crippen LogP) is 17.3. The summed E-state index contributed by atoms with van der Waals surface area (Å²) < 4.78 is 4.80. The number of aromatic nitrogens is 5. The quantitative estimate of drug-likeness (QED) is 0.153. The Morgan fingerprint density at radius 2 is 0.694 bits per heavy atom. The number of hydrogen-bond donors (Lipinski definition) is 0. The highest BCUT2D eigenvalue weighted by Crippen LogP contribution is 2.42. The number of fused-ring (bicyclic) bond motifs is 6. The van der Waals surface area contributed by atoms with Crippen LogP contribution in [-0.2, 0) is 0 Å². The molecule has 3 heterocycles. The molecule has 3 aromatic heterocycles. The number of benzene rings is 10. The van der Waals surface area contributed by atoms with Crippen molar-refractivity contribution in [1.29, 1.82) is 0 Å². The molecule has 0 aliphatic rings. The van der Waals surface area contributed by atoms with Crippen LogP contribution in [0.15, 0.2) is 224 Å². The van der Waals surface area contributed by atoms with E-state index in [-0.39, 0.29) is 0 Å². The zero-order valence-electron chi connectivity index (χ0n) is 40.6. The number of aryl methyl sites for hydroxylation is 4. The third kappa shape index (κ3) is 7.54. The Bertz CT molecular complexity index is 4030. The van der Waals surface area contributed by atoms with Gasteiger partial charge in [0.15, 0.2) is 17.5 Å². The number of rotatable bonds is 8. The third-order valence-corrected chi connectivity index (χ3v) is 14.1. The topological polar surface area (TPSA) is 48.5 Å². The maximum atomic E-state index is 5.40. The SMILES string of the molecule is Cc1cc(C)cc(-c2ccc3c(c2)c2cc(-c4cc(C)cc(C)c4)ccc2n3-c2ccc(-c3ccc4c5ccccc5n(-c5ccccc5)c4c3)cc2-c2nc(-c3ccccc3)nc(-c3ccccc3)n2)c1. The van der Waals surface area contributed by atoms with E-state index in [9.17, 15) is 0 Å². The van der Waals surface area contributed by atoms with Gasteiger partial charge in [0.25, 0.3) is 0 Å². The Morgan fingerprint density at radius 3 is 1.26 bits per heavy atom. The molecule has 0 fully saturated rings. The van der Waals surface area contributed by atoms with Crippen LogP contribution >= 0.6 is 0 Å². The Balaban J connectivity index is 1.10. The zero-order valence-corrected chi connectivity index (χ0v) is 40.6. The highest BCUT2D eigenvalue weighted by Gasteiger charge is 2.22. The minimum atomic E-state index is 0.591. The monoisotopic (exact) mass is 923 g/mol. The summed E-state index contributed by atoms with van der Waals surface area (Å²) >= 11 is 0. The summed E-state index contributed by atoms with van der Waals surface area (Å²) in [5.74, 6) is 1.82. The minimum Gasteiger partial charge on any atom is -0.309 e. The Morgan fingerprint density at radius 1 is 0.264 bits per heavy atom. The molecule has 13 aromatic rings. The first-order valence-corrected chi connectivity index (χ1v) is 24.7. The van der Waals surface area contributed by atoms with Gasteiger partial charge >= 0.3 is 0 Å². The van der Waals surface area contributed by atoms with Crippen LogP contribution in [0.25, 0.3) is 123 Å². The summed E-state index contributed by atoms with van der Waals surface area (Å²) in [5, 5.41) is 4.78. The molecule has 0 unspecified atom stereocenters. The molecule has 0 radical (unpaired) electrons. The molecule has 0 atom stereocenters. The first-order valence-electron chi connectivity index (χ1n) is 24.7. The highest BCUT2D eigenvalue weighted by molar-refractivity contribution is 6.13. The van der Waals surface area contributed by atoms with Crippen molar-refractivity contribution < 1.29 is 0 Å². The van der Waals surface area contributed by atoms with Crippen LogP contribution in [0.1, 0.15) is 22.3 Å². The molecule has 0 bridgehead atoms. The van der Waals surface area contributed by atoms with Gasteiger partial charge in [-0.15, -0.1) is 0 Å². The highest BCUT2D eigenvalue weighted by atomic mass is 15.1. The molecule has 5 heteroatoms. The molecular weight excluding hydrogens is 875 g/mol. The summed E-state index contributed by atoms with van der Waals surface area (Å²) in [6.45, 7) is 8.71. The Hall–Kier alpha value is -9.19. The smallest absolute Gasteiger partial charge is 0.166 e. The van der Waals surface area contributed by atoms with Gasteiger partial charge in [-0.05, 0) is 122 Å². The second-order valence-electron chi connectivity index (χ2n) is 19.2. The largest absolute Gasteiger partial charge is 0.309 e. The Labute approximate surface area is 419 Å². The molecule has 0 aliphatic heterocycles. The van der Waals surface area contributed by atoms with Gasteiger partial charge in [-0.1, -0.05) is 186 Å². The van der Waals surface area contributed by atoms with Gasteiger partial charge in [-0.2, -0.15) is 0 Å². The predicted molar refractivity (Wildman–Crippen MR) is 300 cm³/mol. The van der Waals surface area contributed by atoms with Gasteiger partial charge < -0.3 is 9.13 Å². The molecule has 342 valence electrons. The average molecular weight is 924 g/mol. The van der Waals surface area contributed by atoms with Crippen molar-refractivity contribution in [2.45, 2.75) is 27.7 Å². The maximum absolute atomic E-state index is 5.40. The van der Waals surface area contributed by atoms with E-state index in [0.717, 1.165) is 55.7 Å². The number of para-hydroxylation sites is 2. The second-order valence-corrected chi connectivity index (χ2v) is 19.2. The van der Waals surface area contributed by atoms with Crippen LogP contribution in [-0.4, -0.2) is 24.1 Å². The molecular formula is C67H49N5. The van der Waals surface area contributed by atoms with Crippen molar-refractivity contribution in [2.75, 3.05) is 0 Å². The molecule has 0 N–H and O–H groups in total. The van der Waals surface area contributed by atoms with Crippen LogP contribution in [0.5, 0.6) is 0 Å². The van der Waals surface area contributed by atoms with E-state index < -0.39 is 0 Å². The van der Waals surface area contributed by atoms with Gasteiger partial charge in [0.05, 0.1) is 27.8 Å². The number of hydrogen-bond acceptors (Lipinski definition) is 3. The van der Waals surface area contributed by atoms with Crippen LogP contribution in [0.3, 0.4) is 0 Å². The van der Waals surface area contributed by atoms with Crippen LogP contribution in [0.4, 0.5) is 0 Å². The normalized spacial score (nSPS) is 11.6. The van der Waals surface area contributed by atoms with E-state index in [1.54, 1.807) is 0 Å². The first kappa shape index (κ1) is 42.9. The lowest BCUT2D eigenvalue weighted by Crippen LogP contribution is -2.04. The second kappa shape index (κ2) is 17.3. The summed E-state index contributed by atoms with van der Waals surface area (Å²) in [5.41, 5.74) is 21.3. The molecule has 0 aliphatic carbocycles. The van der Waals surface area contributed by atoms with E-state index in [1.165, 1.54) is 71.6 Å². The number of nitrogens with zero attached hydrogens (tertiary/aromatic N) is 5.